The van der Waals surface area contributed by atoms with Crippen LogP contribution in [0.3, 0.4) is 0 Å². The van der Waals surface area contributed by atoms with E-state index in [1.165, 1.54) is 26.2 Å². The highest BCUT2D eigenvalue weighted by molar-refractivity contribution is 6.00. The number of amides is 2. The van der Waals surface area contributed by atoms with Crippen LogP contribution >= 0.6 is 0 Å². The van der Waals surface area contributed by atoms with E-state index in [-0.39, 0.29) is 17.9 Å². The van der Waals surface area contributed by atoms with E-state index >= 15 is 0 Å². The van der Waals surface area contributed by atoms with Crippen molar-refractivity contribution in [2.75, 3.05) is 7.05 Å². The van der Waals surface area contributed by atoms with E-state index in [1.807, 2.05) is 37.4 Å². The molecule has 1 N–H and O–H groups in total. The number of carbonyl (C=O) groups excluding carboxylic acids is 2. The Morgan fingerprint density at radius 1 is 1.14 bits per heavy atom. The predicted octanol–water partition coefficient (Wildman–Crippen LogP) is 2.95. The lowest BCUT2D eigenvalue weighted by atomic mass is 9.94. The standard InChI is InChI=1S/C18H24N2O2/c1-14(21)19-17(13-15-9-5-3-6-10-15)18(22)20(2)16-11-7-4-8-12-16/h3,5-6,9-10,13,16H,4,7-8,11-12H2,1-2H3,(H,19,21). The fraction of sp³-hybridized carbons (Fsp3) is 0.444. The summed E-state index contributed by atoms with van der Waals surface area (Å²) < 4.78 is 0. The summed E-state index contributed by atoms with van der Waals surface area (Å²) in [6.45, 7) is 1.42. The van der Waals surface area contributed by atoms with Crippen molar-refractivity contribution >= 4 is 17.9 Å². The number of likely N-dealkylation sites (N-methyl/N-ethyl adjacent to an activating group) is 1. The Kier molecular flexibility index (Phi) is 5.75. The van der Waals surface area contributed by atoms with E-state index in [2.05, 4.69) is 5.32 Å². The van der Waals surface area contributed by atoms with Crippen molar-refractivity contribution < 1.29 is 9.59 Å². The van der Waals surface area contributed by atoms with Gasteiger partial charge >= 0.3 is 0 Å². The monoisotopic (exact) mass is 300 g/mol. The van der Waals surface area contributed by atoms with E-state index in [9.17, 15) is 9.59 Å². The number of nitrogens with zero attached hydrogens (tertiary/aromatic N) is 1. The molecule has 0 heterocycles. The molecule has 1 aromatic rings. The van der Waals surface area contributed by atoms with Gasteiger partial charge in [0.15, 0.2) is 0 Å². The molecule has 1 aromatic carbocycles. The van der Waals surface area contributed by atoms with Crippen LogP contribution in [0.2, 0.25) is 0 Å². The lowest BCUT2D eigenvalue weighted by Gasteiger charge is -2.31. The van der Waals surface area contributed by atoms with E-state index in [0.29, 0.717) is 5.70 Å². The molecule has 0 aliphatic heterocycles. The molecule has 1 aliphatic rings. The maximum atomic E-state index is 12.7. The summed E-state index contributed by atoms with van der Waals surface area (Å²) in [5.74, 6) is -0.349. The Morgan fingerprint density at radius 3 is 2.36 bits per heavy atom. The number of carbonyl (C=O) groups is 2. The van der Waals surface area contributed by atoms with Gasteiger partial charge in [0.1, 0.15) is 5.70 Å². The largest absolute Gasteiger partial charge is 0.337 e. The molecular formula is C18H24N2O2. The van der Waals surface area contributed by atoms with Crippen LogP contribution in [0.15, 0.2) is 36.0 Å². The highest BCUT2D eigenvalue weighted by atomic mass is 16.2. The van der Waals surface area contributed by atoms with Gasteiger partial charge in [-0.05, 0) is 24.5 Å². The average molecular weight is 300 g/mol. The molecular weight excluding hydrogens is 276 g/mol. The highest BCUT2D eigenvalue weighted by Gasteiger charge is 2.24. The molecule has 0 atom stereocenters. The lowest BCUT2D eigenvalue weighted by Crippen LogP contribution is -2.42. The SMILES string of the molecule is CC(=O)NC(=Cc1ccccc1)C(=O)N(C)C1CCCCC1. The van der Waals surface area contributed by atoms with Crippen LogP contribution in [-0.4, -0.2) is 29.8 Å². The van der Waals surface area contributed by atoms with Crippen LogP contribution in [0, 0.1) is 0 Å². The molecule has 1 fully saturated rings. The fourth-order valence-electron chi connectivity index (χ4n) is 2.88. The van der Waals surface area contributed by atoms with Crippen LogP contribution < -0.4 is 5.32 Å². The number of nitrogens with one attached hydrogen (secondary N) is 1. The zero-order chi connectivity index (χ0) is 15.9. The van der Waals surface area contributed by atoms with E-state index in [1.54, 1.807) is 11.0 Å². The zero-order valence-corrected chi connectivity index (χ0v) is 13.3. The molecule has 0 saturated heterocycles. The zero-order valence-electron chi connectivity index (χ0n) is 13.3. The lowest BCUT2D eigenvalue weighted by molar-refractivity contribution is -0.130. The van der Waals surface area contributed by atoms with Crippen LogP contribution in [-0.2, 0) is 9.59 Å². The minimum Gasteiger partial charge on any atom is -0.337 e. The summed E-state index contributed by atoms with van der Waals surface area (Å²) in [6.07, 6.45) is 7.40. The predicted molar refractivity (Wildman–Crippen MR) is 87.9 cm³/mol. The van der Waals surface area contributed by atoms with Gasteiger partial charge in [0.05, 0.1) is 0 Å². The van der Waals surface area contributed by atoms with Crippen LogP contribution in [0.25, 0.3) is 6.08 Å². The van der Waals surface area contributed by atoms with Crippen LogP contribution in [0.1, 0.15) is 44.6 Å². The molecule has 4 heteroatoms. The molecule has 0 bridgehead atoms. The Bertz CT molecular complexity index is 545. The first kappa shape index (κ1) is 16.3. The third-order valence-corrected chi connectivity index (χ3v) is 4.09. The third-order valence-electron chi connectivity index (χ3n) is 4.09. The van der Waals surface area contributed by atoms with Crippen LogP contribution in [0.4, 0.5) is 0 Å². The van der Waals surface area contributed by atoms with E-state index < -0.39 is 0 Å². The van der Waals surface area contributed by atoms with E-state index in [0.717, 1.165) is 18.4 Å². The van der Waals surface area contributed by atoms with Gasteiger partial charge in [0.2, 0.25) is 5.91 Å². The van der Waals surface area contributed by atoms with Crippen molar-refractivity contribution in [3.8, 4) is 0 Å². The minimum atomic E-state index is -0.229. The first-order valence-corrected chi connectivity index (χ1v) is 7.89. The summed E-state index contributed by atoms with van der Waals surface area (Å²) >= 11 is 0. The molecule has 2 rings (SSSR count). The summed E-state index contributed by atoms with van der Waals surface area (Å²) in [6, 6.07) is 9.84. The molecule has 1 aliphatic carbocycles. The Balaban J connectivity index is 2.18. The Morgan fingerprint density at radius 2 is 1.77 bits per heavy atom. The maximum absolute atomic E-state index is 12.7. The summed E-state index contributed by atoms with van der Waals surface area (Å²) in [4.78, 5) is 25.9. The molecule has 4 nitrogen and oxygen atoms in total. The normalized spacial score (nSPS) is 16.2. The van der Waals surface area contributed by atoms with Gasteiger partial charge in [-0.25, -0.2) is 0 Å². The van der Waals surface area contributed by atoms with Crippen molar-refractivity contribution in [3.05, 3.63) is 41.6 Å². The molecule has 0 unspecified atom stereocenters. The van der Waals surface area contributed by atoms with Gasteiger partial charge in [0, 0.05) is 20.0 Å². The van der Waals surface area contributed by atoms with Crippen molar-refractivity contribution in [1.82, 2.24) is 10.2 Å². The molecule has 0 radical (unpaired) electrons. The number of hydrogen-bond acceptors (Lipinski definition) is 2. The first-order valence-electron chi connectivity index (χ1n) is 7.89. The summed E-state index contributed by atoms with van der Waals surface area (Å²) in [5.41, 5.74) is 1.24. The second kappa shape index (κ2) is 7.78. The van der Waals surface area contributed by atoms with Gasteiger partial charge in [-0.1, -0.05) is 49.6 Å². The summed E-state index contributed by atoms with van der Waals surface area (Å²) in [7, 11) is 1.83. The minimum absolute atomic E-state index is 0.119. The number of rotatable bonds is 4. The van der Waals surface area contributed by atoms with Gasteiger partial charge in [-0.3, -0.25) is 9.59 Å². The van der Waals surface area contributed by atoms with Crippen molar-refractivity contribution in [1.29, 1.82) is 0 Å². The molecule has 1 saturated carbocycles. The molecule has 2 amide bonds. The second-order valence-corrected chi connectivity index (χ2v) is 5.86. The smallest absolute Gasteiger partial charge is 0.270 e. The van der Waals surface area contributed by atoms with Gasteiger partial charge in [-0.2, -0.15) is 0 Å². The number of hydrogen-bond donors (Lipinski definition) is 1. The quantitative estimate of drug-likeness (QED) is 0.869. The molecule has 0 spiro atoms. The van der Waals surface area contributed by atoms with E-state index in [4.69, 9.17) is 0 Å². The van der Waals surface area contributed by atoms with Crippen molar-refractivity contribution in [2.45, 2.75) is 45.1 Å². The van der Waals surface area contributed by atoms with Crippen molar-refractivity contribution in [2.24, 2.45) is 0 Å². The molecule has 118 valence electrons. The topological polar surface area (TPSA) is 49.4 Å². The fourth-order valence-corrected chi connectivity index (χ4v) is 2.88. The third kappa shape index (κ3) is 4.45. The van der Waals surface area contributed by atoms with Gasteiger partial charge in [-0.15, -0.1) is 0 Å². The van der Waals surface area contributed by atoms with Gasteiger partial charge < -0.3 is 10.2 Å². The molecule has 22 heavy (non-hydrogen) atoms. The summed E-state index contributed by atoms with van der Waals surface area (Å²) in [5, 5.41) is 2.68. The maximum Gasteiger partial charge on any atom is 0.270 e. The Hall–Kier alpha value is -2.10. The average Bonchev–Trinajstić information content (AvgIpc) is 2.54. The Labute approximate surface area is 132 Å². The van der Waals surface area contributed by atoms with Gasteiger partial charge in [0.25, 0.3) is 5.91 Å². The second-order valence-electron chi connectivity index (χ2n) is 5.86. The highest BCUT2D eigenvalue weighted by Crippen LogP contribution is 2.22. The first-order chi connectivity index (χ1) is 10.6. The van der Waals surface area contributed by atoms with Crippen molar-refractivity contribution in [3.63, 3.8) is 0 Å². The molecule has 0 aromatic heterocycles. The van der Waals surface area contributed by atoms with Crippen LogP contribution in [0.5, 0.6) is 0 Å². The number of benzene rings is 1.